The molecule has 174 valence electrons. The molecule has 0 saturated carbocycles. The minimum atomic E-state index is -3.73. The number of carbonyl (C=O) groups is 1. The number of nitrogens with one attached hydrogen (secondary N) is 1. The molecule has 0 aliphatic heterocycles. The first-order chi connectivity index (χ1) is 15.7. The molecule has 0 radical (unpaired) electrons. The number of nitrogens with zero attached hydrogens (tertiary/aromatic N) is 1. The van der Waals surface area contributed by atoms with Gasteiger partial charge in [-0.1, -0.05) is 60.2 Å². The molecule has 0 aliphatic carbocycles. The number of amides is 1. The first-order valence-electron chi connectivity index (χ1n) is 10.8. The second kappa shape index (κ2) is 10.5. The monoisotopic (exact) mass is 466 g/mol. The van der Waals surface area contributed by atoms with Crippen LogP contribution in [0.5, 0.6) is 5.75 Å². The first kappa shape index (κ1) is 24.3. The van der Waals surface area contributed by atoms with Gasteiger partial charge in [0.05, 0.1) is 24.6 Å². The molecule has 3 aromatic rings. The minimum Gasteiger partial charge on any atom is -0.494 e. The smallest absolute Gasteiger partial charge is 0.244 e. The lowest BCUT2D eigenvalue weighted by molar-refractivity contribution is -0.122. The number of hydrogen-bond donors (Lipinski definition) is 1. The lowest BCUT2D eigenvalue weighted by Gasteiger charge is -2.30. The van der Waals surface area contributed by atoms with Crippen molar-refractivity contribution in [2.45, 2.75) is 32.9 Å². The van der Waals surface area contributed by atoms with Crippen molar-refractivity contribution in [1.82, 2.24) is 5.32 Å². The van der Waals surface area contributed by atoms with Crippen LogP contribution in [-0.2, 0) is 14.8 Å². The van der Waals surface area contributed by atoms with Gasteiger partial charge in [-0.3, -0.25) is 9.10 Å². The van der Waals surface area contributed by atoms with Gasteiger partial charge < -0.3 is 10.1 Å². The van der Waals surface area contributed by atoms with E-state index in [-0.39, 0.29) is 0 Å². The van der Waals surface area contributed by atoms with Crippen LogP contribution in [0.1, 0.15) is 36.6 Å². The van der Waals surface area contributed by atoms with Crippen LogP contribution >= 0.6 is 0 Å². The van der Waals surface area contributed by atoms with Crippen molar-refractivity contribution >= 4 is 21.6 Å². The van der Waals surface area contributed by atoms with Gasteiger partial charge in [-0.15, -0.1) is 0 Å². The Labute approximate surface area is 196 Å². The van der Waals surface area contributed by atoms with Gasteiger partial charge >= 0.3 is 0 Å². The second-order valence-electron chi connectivity index (χ2n) is 7.92. The average molecular weight is 467 g/mol. The standard InChI is InChI=1S/C26H30N2O4S/c1-5-32-24-17-15-23(16-18-24)28(33(4,30)31)20(3)26(29)27-25(21-9-7-6-8-10-21)22-13-11-19(2)12-14-22/h6-18,20,25H,5H2,1-4H3,(H,27,29)/t20-,25+/m1/s1. The number of benzene rings is 3. The summed E-state index contributed by atoms with van der Waals surface area (Å²) in [5.74, 6) is 0.235. The molecule has 0 unspecified atom stereocenters. The van der Waals surface area contributed by atoms with Crippen molar-refractivity contribution in [3.8, 4) is 5.75 Å². The Hall–Kier alpha value is -3.32. The van der Waals surface area contributed by atoms with E-state index in [1.807, 2.05) is 68.4 Å². The molecule has 3 rings (SSSR count). The minimum absolute atomic E-state index is 0.398. The van der Waals surface area contributed by atoms with E-state index in [9.17, 15) is 13.2 Å². The summed E-state index contributed by atoms with van der Waals surface area (Å²) in [6.07, 6.45) is 1.10. The molecule has 2 atom stereocenters. The van der Waals surface area contributed by atoms with E-state index in [2.05, 4.69) is 5.32 Å². The first-order valence-corrected chi connectivity index (χ1v) is 12.7. The van der Waals surface area contributed by atoms with E-state index in [0.717, 1.165) is 27.3 Å². The fourth-order valence-corrected chi connectivity index (χ4v) is 4.87. The summed E-state index contributed by atoms with van der Waals surface area (Å²) in [4.78, 5) is 13.4. The van der Waals surface area contributed by atoms with Crippen LogP contribution in [0.15, 0.2) is 78.9 Å². The normalized spacial score (nSPS) is 13.1. The Bertz CT molecular complexity index is 1160. The molecule has 33 heavy (non-hydrogen) atoms. The Morgan fingerprint density at radius 2 is 1.52 bits per heavy atom. The van der Waals surface area contributed by atoms with Crippen molar-refractivity contribution in [1.29, 1.82) is 0 Å². The Kier molecular flexibility index (Phi) is 7.76. The molecule has 0 aliphatic rings. The van der Waals surface area contributed by atoms with Crippen LogP contribution < -0.4 is 14.4 Å². The van der Waals surface area contributed by atoms with Gasteiger partial charge in [0.2, 0.25) is 15.9 Å². The predicted molar refractivity (Wildman–Crippen MR) is 132 cm³/mol. The number of carbonyl (C=O) groups excluding carboxylic acids is 1. The lowest BCUT2D eigenvalue weighted by Crippen LogP contribution is -2.48. The van der Waals surface area contributed by atoms with E-state index in [1.54, 1.807) is 31.2 Å². The average Bonchev–Trinajstić information content (AvgIpc) is 2.79. The molecule has 0 spiro atoms. The van der Waals surface area contributed by atoms with Gasteiger partial charge in [0, 0.05) is 0 Å². The van der Waals surface area contributed by atoms with Gasteiger partial charge in [-0.25, -0.2) is 8.42 Å². The van der Waals surface area contributed by atoms with Crippen molar-refractivity contribution in [2.75, 3.05) is 17.2 Å². The van der Waals surface area contributed by atoms with Crippen molar-refractivity contribution < 1.29 is 17.9 Å². The SMILES string of the molecule is CCOc1ccc(N([C@H](C)C(=O)N[C@@H](c2ccccc2)c2ccc(C)cc2)S(C)(=O)=O)cc1. The van der Waals surface area contributed by atoms with Crippen LogP contribution in [0, 0.1) is 6.92 Å². The van der Waals surface area contributed by atoms with E-state index < -0.39 is 28.0 Å². The van der Waals surface area contributed by atoms with Crippen LogP contribution in [0.25, 0.3) is 0 Å². The number of hydrogen-bond acceptors (Lipinski definition) is 4. The van der Waals surface area contributed by atoms with E-state index in [4.69, 9.17) is 4.74 Å². The molecule has 6 nitrogen and oxygen atoms in total. The van der Waals surface area contributed by atoms with Crippen LogP contribution in [0.3, 0.4) is 0 Å². The quantitative estimate of drug-likeness (QED) is 0.505. The predicted octanol–water partition coefficient (Wildman–Crippen LogP) is 4.45. The van der Waals surface area contributed by atoms with E-state index >= 15 is 0 Å². The van der Waals surface area contributed by atoms with Gasteiger partial charge in [-0.2, -0.15) is 0 Å². The van der Waals surface area contributed by atoms with Gasteiger partial charge in [0.1, 0.15) is 11.8 Å². The highest BCUT2D eigenvalue weighted by Gasteiger charge is 2.31. The van der Waals surface area contributed by atoms with Crippen molar-refractivity contribution in [3.05, 3.63) is 95.6 Å². The van der Waals surface area contributed by atoms with Gasteiger partial charge in [0.15, 0.2) is 0 Å². The van der Waals surface area contributed by atoms with Crippen molar-refractivity contribution in [3.63, 3.8) is 0 Å². The van der Waals surface area contributed by atoms with Gasteiger partial charge in [-0.05, 0) is 56.2 Å². The van der Waals surface area contributed by atoms with Gasteiger partial charge in [0.25, 0.3) is 0 Å². The summed E-state index contributed by atoms with van der Waals surface area (Å²) in [7, 11) is -3.73. The highest BCUT2D eigenvalue weighted by atomic mass is 32.2. The molecule has 7 heteroatoms. The molecule has 0 fully saturated rings. The highest BCUT2D eigenvalue weighted by molar-refractivity contribution is 7.92. The fourth-order valence-electron chi connectivity index (χ4n) is 3.69. The molecule has 0 aromatic heterocycles. The molecule has 0 saturated heterocycles. The number of sulfonamides is 1. The largest absolute Gasteiger partial charge is 0.494 e. The van der Waals surface area contributed by atoms with Crippen LogP contribution in [0.2, 0.25) is 0 Å². The number of ether oxygens (including phenoxy) is 1. The maximum atomic E-state index is 13.4. The van der Waals surface area contributed by atoms with Crippen LogP contribution in [0.4, 0.5) is 5.69 Å². The van der Waals surface area contributed by atoms with Crippen molar-refractivity contribution in [2.24, 2.45) is 0 Å². The Morgan fingerprint density at radius 3 is 2.06 bits per heavy atom. The summed E-state index contributed by atoms with van der Waals surface area (Å²) in [6.45, 7) is 5.97. The molecule has 0 heterocycles. The zero-order valence-corrected chi connectivity index (χ0v) is 20.2. The molecular weight excluding hydrogens is 436 g/mol. The number of aryl methyl sites for hydroxylation is 1. The third-order valence-electron chi connectivity index (χ3n) is 5.32. The maximum Gasteiger partial charge on any atom is 0.244 e. The summed E-state index contributed by atoms with van der Waals surface area (Å²) >= 11 is 0. The lowest BCUT2D eigenvalue weighted by atomic mass is 9.97. The summed E-state index contributed by atoms with van der Waals surface area (Å²) in [5.41, 5.74) is 3.34. The molecule has 3 aromatic carbocycles. The second-order valence-corrected chi connectivity index (χ2v) is 9.78. The third kappa shape index (κ3) is 6.14. The molecule has 0 bridgehead atoms. The van der Waals surface area contributed by atoms with Crippen LogP contribution in [-0.4, -0.2) is 33.2 Å². The number of rotatable bonds is 9. The Balaban J connectivity index is 1.91. The van der Waals surface area contributed by atoms with E-state index in [0.29, 0.717) is 18.0 Å². The van der Waals surface area contributed by atoms with E-state index in [1.165, 1.54) is 0 Å². The third-order valence-corrected chi connectivity index (χ3v) is 6.56. The summed E-state index contributed by atoms with van der Waals surface area (Å²) in [5, 5.41) is 3.05. The number of anilines is 1. The fraction of sp³-hybridized carbons (Fsp3) is 0.269. The summed E-state index contributed by atoms with van der Waals surface area (Å²) in [6, 6.07) is 22.8. The Morgan fingerprint density at radius 1 is 0.939 bits per heavy atom. The highest BCUT2D eigenvalue weighted by Crippen LogP contribution is 2.26. The molecule has 1 amide bonds. The maximum absolute atomic E-state index is 13.4. The topological polar surface area (TPSA) is 75.7 Å². The summed E-state index contributed by atoms with van der Waals surface area (Å²) < 4.78 is 31.9. The zero-order chi connectivity index (χ0) is 24.0. The molecular formula is C26H30N2O4S. The molecule has 1 N–H and O–H groups in total. The zero-order valence-electron chi connectivity index (χ0n) is 19.4.